The fourth-order valence-electron chi connectivity index (χ4n) is 2.20. The van der Waals surface area contributed by atoms with Crippen LogP contribution in [0.1, 0.15) is 22.5 Å². The van der Waals surface area contributed by atoms with Crippen molar-refractivity contribution in [1.29, 1.82) is 0 Å². The number of rotatable bonds is 6. The molecule has 3 rings (SSSR count). The van der Waals surface area contributed by atoms with Crippen LogP contribution in [0.3, 0.4) is 0 Å². The lowest BCUT2D eigenvalue weighted by Crippen LogP contribution is -2.14. The van der Waals surface area contributed by atoms with Crippen molar-refractivity contribution in [3.8, 4) is 0 Å². The van der Waals surface area contributed by atoms with Gasteiger partial charge in [0.15, 0.2) is 5.13 Å². The molecule has 8 heteroatoms. The predicted molar refractivity (Wildman–Crippen MR) is 103 cm³/mol. The van der Waals surface area contributed by atoms with Crippen molar-refractivity contribution in [2.24, 2.45) is 0 Å². The van der Waals surface area contributed by atoms with Gasteiger partial charge in [0.05, 0.1) is 0 Å². The number of anilines is 2. The highest BCUT2D eigenvalue weighted by Gasteiger charge is 2.13. The third-order valence-corrected chi connectivity index (χ3v) is 4.42. The van der Waals surface area contributed by atoms with Crippen molar-refractivity contribution < 1.29 is 9.59 Å². The second-order valence-corrected chi connectivity index (χ2v) is 6.64. The first-order chi connectivity index (χ1) is 12.6. The number of nitrogens with zero attached hydrogens (tertiary/aromatic N) is 2. The molecule has 2 amide bonds. The number of amides is 2. The number of hydrogen-bond acceptors (Lipinski definition) is 5. The first kappa shape index (κ1) is 18.0. The Balaban J connectivity index is 1.53. The number of aromatic nitrogens is 2. The molecule has 0 aliphatic rings. The Kier molecular flexibility index (Phi) is 5.93. The van der Waals surface area contributed by atoms with Gasteiger partial charge in [0, 0.05) is 23.7 Å². The summed E-state index contributed by atoms with van der Waals surface area (Å²) in [5.74, 6) is -0.524. The lowest BCUT2D eigenvalue weighted by Gasteiger charge is -2.03. The Hall–Kier alpha value is -2.77. The minimum absolute atomic E-state index is 0.143. The van der Waals surface area contributed by atoms with Crippen LogP contribution >= 0.6 is 22.9 Å². The summed E-state index contributed by atoms with van der Waals surface area (Å²) in [5.41, 5.74) is 1.84. The van der Waals surface area contributed by atoms with Crippen molar-refractivity contribution in [2.45, 2.75) is 12.8 Å². The number of hydrogen-bond donors (Lipinski definition) is 2. The molecule has 0 fully saturated rings. The smallest absolute Gasteiger partial charge is 0.275 e. The Labute approximate surface area is 159 Å². The van der Waals surface area contributed by atoms with Crippen LogP contribution in [0.4, 0.5) is 10.8 Å². The van der Waals surface area contributed by atoms with E-state index in [0.717, 1.165) is 5.56 Å². The summed E-state index contributed by atoms with van der Waals surface area (Å²) in [6.07, 6.45) is 2.49. The molecule has 2 aromatic heterocycles. The molecule has 0 radical (unpaired) electrons. The molecule has 0 bridgehead atoms. The van der Waals surface area contributed by atoms with Gasteiger partial charge in [0.25, 0.3) is 5.91 Å². The second kappa shape index (κ2) is 8.55. The van der Waals surface area contributed by atoms with E-state index in [1.54, 1.807) is 11.4 Å². The van der Waals surface area contributed by atoms with Gasteiger partial charge in [0.2, 0.25) is 5.91 Å². The summed E-state index contributed by atoms with van der Waals surface area (Å²) in [6.45, 7) is 0. The fraction of sp³-hybridized carbons (Fsp3) is 0.111. The fourth-order valence-corrected chi connectivity index (χ4v) is 3.08. The zero-order valence-electron chi connectivity index (χ0n) is 13.6. The number of aryl methyl sites for hydroxylation is 1. The highest BCUT2D eigenvalue weighted by molar-refractivity contribution is 7.14. The molecule has 26 heavy (non-hydrogen) atoms. The molecular weight excluding hydrogens is 372 g/mol. The van der Waals surface area contributed by atoms with Gasteiger partial charge in [-0.15, -0.1) is 11.3 Å². The average Bonchev–Trinajstić information content (AvgIpc) is 3.09. The SMILES string of the molecule is O=C(CCc1ccccc1)Nc1nc(C(=O)Nc2ccnc(Cl)c2)cs1. The van der Waals surface area contributed by atoms with Crippen LogP contribution in [-0.4, -0.2) is 21.8 Å². The summed E-state index contributed by atoms with van der Waals surface area (Å²) in [7, 11) is 0. The molecule has 6 nitrogen and oxygen atoms in total. The van der Waals surface area contributed by atoms with Gasteiger partial charge in [-0.05, 0) is 24.1 Å². The van der Waals surface area contributed by atoms with Crippen molar-refractivity contribution in [1.82, 2.24) is 9.97 Å². The molecule has 3 aromatic rings. The number of benzene rings is 1. The molecule has 0 saturated carbocycles. The number of thiazole rings is 1. The highest BCUT2D eigenvalue weighted by Crippen LogP contribution is 2.18. The Morgan fingerprint density at radius 1 is 1.12 bits per heavy atom. The van der Waals surface area contributed by atoms with Gasteiger partial charge in [-0.2, -0.15) is 0 Å². The van der Waals surface area contributed by atoms with Crippen LogP contribution in [0.2, 0.25) is 5.15 Å². The number of halogens is 1. The van der Waals surface area contributed by atoms with Crippen LogP contribution in [0, 0.1) is 0 Å². The van der Waals surface area contributed by atoms with Crippen LogP contribution in [-0.2, 0) is 11.2 Å². The van der Waals surface area contributed by atoms with Crippen LogP contribution in [0.5, 0.6) is 0 Å². The second-order valence-electron chi connectivity index (χ2n) is 5.39. The molecule has 0 spiro atoms. The average molecular weight is 387 g/mol. The van der Waals surface area contributed by atoms with Crippen molar-refractivity contribution in [3.05, 3.63) is 70.5 Å². The van der Waals surface area contributed by atoms with E-state index >= 15 is 0 Å². The molecule has 1 aromatic carbocycles. The molecule has 0 aliphatic heterocycles. The number of pyridine rings is 1. The third-order valence-electron chi connectivity index (χ3n) is 3.45. The van der Waals surface area contributed by atoms with E-state index < -0.39 is 0 Å². The first-order valence-corrected chi connectivity index (χ1v) is 9.08. The van der Waals surface area contributed by atoms with Gasteiger partial charge in [-0.3, -0.25) is 9.59 Å². The van der Waals surface area contributed by atoms with Crippen LogP contribution < -0.4 is 10.6 Å². The minimum Gasteiger partial charge on any atom is -0.320 e. The molecule has 0 saturated heterocycles. The molecule has 0 aliphatic carbocycles. The van der Waals surface area contributed by atoms with Crippen molar-refractivity contribution in [3.63, 3.8) is 0 Å². The maximum absolute atomic E-state index is 12.2. The Morgan fingerprint density at radius 3 is 2.69 bits per heavy atom. The zero-order valence-corrected chi connectivity index (χ0v) is 15.2. The summed E-state index contributed by atoms with van der Waals surface area (Å²) >= 11 is 6.99. The van der Waals surface area contributed by atoms with E-state index in [9.17, 15) is 9.59 Å². The Morgan fingerprint density at radius 2 is 1.92 bits per heavy atom. The zero-order chi connectivity index (χ0) is 18.4. The molecular formula is C18H15ClN4O2S. The van der Waals surface area contributed by atoms with E-state index in [1.807, 2.05) is 30.3 Å². The normalized spacial score (nSPS) is 10.3. The number of carbonyl (C=O) groups is 2. The first-order valence-electron chi connectivity index (χ1n) is 7.82. The van der Waals surface area contributed by atoms with E-state index in [4.69, 9.17) is 11.6 Å². The quantitative estimate of drug-likeness (QED) is 0.627. The summed E-state index contributed by atoms with van der Waals surface area (Å²) in [4.78, 5) is 32.2. The summed E-state index contributed by atoms with van der Waals surface area (Å²) in [6, 6.07) is 12.9. The monoisotopic (exact) mass is 386 g/mol. The van der Waals surface area contributed by atoms with Gasteiger partial charge in [-0.1, -0.05) is 41.9 Å². The lowest BCUT2D eigenvalue weighted by atomic mass is 10.1. The highest BCUT2D eigenvalue weighted by atomic mass is 35.5. The van der Waals surface area contributed by atoms with E-state index in [1.165, 1.54) is 23.6 Å². The number of carbonyl (C=O) groups excluding carboxylic acids is 2. The summed E-state index contributed by atoms with van der Waals surface area (Å²) in [5, 5.41) is 7.66. The molecule has 0 unspecified atom stereocenters. The van der Waals surface area contributed by atoms with Gasteiger partial charge in [-0.25, -0.2) is 9.97 Å². The third kappa shape index (κ3) is 5.11. The van der Waals surface area contributed by atoms with Crippen molar-refractivity contribution >= 4 is 45.6 Å². The molecule has 0 atom stereocenters. The lowest BCUT2D eigenvalue weighted by molar-refractivity contribution is -0.116. The topological polar surface area (TPSA) is 84.0 Å². The van der Waals surface area contributed by atoms with E-state index in [0.29, 0.717) is 23.7 Å². The Bertz CT molecular complexity index is 914. The van der Waals surface area contributed by atoms with Gasteiger partial charge >= 0.3 is 0 Å². The maximum Gasteiger partial charge on any atom is 0.275 e. The van der Waals surface area contributed by atoms with Crippen LogP contribution in [0.25, 0.3) is 0 Å². The summed E-state index contributed by atoms with van der Waals surface area (Å²) < 4.78 is 0. The molecule has 2 heterocycles. The molecule has 2 N–H and O–H groups in total. The van der Waals surface area contributed by atoms with Crippen molar-refractivity contribution in [2.75, 3.05) is 10.6 Å². The largest absolute Gasteiger partial charge is 0.320 e. The van der Waals surface area contributed by atoms with Crippen LogP contribution in [0.15, 0.2) is 54.0 Å². The predicted octanol–water partition coefficient (Wildman–Crippen LogP) is 4.02. The van der Waals surface area contributed by atoms with E-state index in [2.05, 4.69) is 20.6 Å². The van der Waals surface area contributed by atoms with Gasteiger partial charge in [0.1, 0.15) is 10.8 Å². The van der Waals surface area contributed by atoms with E-state index in [-0.39, 0.29) is 22.7 Å². The molecule has 132 valence electrons. The number of nitrogens with one attached hydrogen (secondary N) is 2. The maximum atomic E-state index is 12.2. The minimum atomic E-state index is -0.381. The van der Waals surface area contributed by atoms with Gasteiger partial charge < -0.3 is 10.6 Å². The standard InChI is InChI=1S/C18H15ClN4O2S/c19-15-10-13(8-9-20-15)21-17(25)14-11-26-18(22-14)23-16(24)7-6-12-4-2-1-3-5-12/h1-5,8-11H,6-7H2,(H,20,21,25)(H,22,23,24).